The molecule has 1 saturated carbocycles. The molecule has 3 saturated heterocycles. The van der Waals surface area contributed by atoms with Gasteiger partial charge >= 0.3 is 6.03 Å². The summed E-state index contributed by atoms with van der Waals surface area (Å²) >= 11 is 6.73. The van der Waals surface area contributed by atoms with Crippen molar-refractivity contribution < 1.29 is 32.3 Å². The number of fused-ring (bicyclic) bond motifs is 2. The molecule has 5 amide bonds. The number of nitrogens with one attached hydrogen (secondary N) is 3. The number of piperidine rings is 1. The molecule has 15 nitrogen and oxygen atoms in total. The number of aromatic nitrogens is 4. The maximum absolute atomic E-state index is 16.0. The lowest BCUT2D eigenvalue weighted by atomic mass is 9.69. The van der Waals surface area contributed by atoms with Crippen molar-refractivity contribution in [1.82, 2.24) is 40.0 Å². The summed E-state index contributed by atoms with van der Waals surface area (Å²) in [6, 6.07) is 13.2. The number of hydrogen-bond acceptors (Lipinski definition) is 10. The van der Waals surface area contributed by atoms with E-state index in [2.05, 4.69) is 20.9 Å². The fourth-order valence-electron chi connectivity index (χ4n) is 9.37. The van der Waals surface area contributed by atoms with E-state index in [9.17, 15) is 23.6 Å². The highest BCUT2D eigenvalue weighted by atomic mass is 35.5. The highest BCUT2D eigenvalue weighted by Gasteiger charge is 2.62. The molecule has 5 aromatic rings. The Hall–Kier alpha value is -6.27. The molecule has 5 aliphatic rings. The number of imide groups is 1. The van der Waals surface area contributed by atoms with E-state index in [1.165, 1.54) is 26.6 Å². The van der Waals surface area contributed by atoms with Crippen LogP contribution in [0.2, 0.25) is 5.02 Å². The monoisotopic (exact) mass is 881 g/mol. The molecule has 4 aliphatic heterocycles. The maximum atomic E-state index is 16.0. The van der Waals surface area contributed by atoms with E-state index in [-0.39, 0.29) is 62.6 Å². The van der Waals surface area contributed by atoms with Crippen molar-refractivity contribution >= 4 is 63.9 Å². The molecule has 19 heteroatoms. The molecule has 0 bridgehead atoms. The summed E-state index contributed by atoms with van der Waals surface area (Å²) in [5.41, 5.74) is 5.72. The van der Waals surface area contributed by atoms with Crippen LogP contribution in [-0.2, 0) is 17.8 Å². The van der Waals surface area contributed by atoms with Gasteiger partial charge in [-0.3, -0.25) is 34.5 Å². The van der Waals surface area contributed by atoms with Gasteiger partial charge in [-0.2, -0.15) is 0 Å². The van der Waals surface area contributed by atoms with Crippen molar-refractivity contribution in [3.05, 3.63) is 93.9 Å². The summed E-state index contributed by atoms with van der Waals surface area (Å²) in [7, 11) is 1.76. The van der Waals surface area contributed by atoms with Crippen LogP contribution in [0.1, 0.15) is 56.8 Å². The first kappa shape index (κ1) is 40.8. The number of likely N-dealkylation sites (tertiary alicyclic amines) is 2. The van der Waals surface area contributed by atoms with E-state index < -0.39 is 47.9 Å². The van der Waals surface area contributed by atoms with Crippen LogP contribution in [-0.4, -0.2) is 118 Å². The summed E-state index contributed by atoms with van der Waals surface area (Å²) in [6.07, 6.45) is 3.35. The van der Waals surface area contributed by atoms with Crippen LogP contribution in [0, 0.1) is 12.3 Å². The number of amides is 5. The molecular formula is C44H43ClF3N11O4. The number of hydrogen-bond donors (Lipinski definition) is 3. The van der Waals surface area contributed by atoms with Gasteiger partial charge < -0.3 is 20.4 Å². The van der Waals surface area contributed by atoms with Crippen LogP contribution < -0.4 is 25.8 Å². The van der Waals surface area contributed by atoms with Crippen LogP contribution in [0.3, 0.4) is 0 Å². The zero-order chi connectivity index (χ0) is 43.9. The third-order valence-corrected chi connectivity index (χ3v) is 13.2. The molecule has 7 heterocycles. The second-order valence-electron chi connectivity index (χ2n) is 17.1. The SMILES string of the molecule is CNc1cc(N2CCc3c(-c4ccc(CN5CC6(CCN(C(=O)c7ccc(C)c(N8CCC(=O)NC8=O)c7)CC6(F)F)C5)cn4)cc(Cl)cc32)nn2c(C(=O)N[C@@H]3C[C@@H]3F)cnc12. The van der Waals surface area contributed by atoms with Crippen molar-refractivity contribution in [2.75, 3.05) is 61.4 Å². The number of benzene rings is 2. The second kappa shape index (κ2) is 15.2. The minimum atomic E-state index is -3.12. The highest BCUT2D eigenvalue weighted by Crippen LogP contribution is 2.51. The molecule has 1 aliphatic carbocycles. The molecule has 10 rings (SSSR count). The van der Waals surface area contributed by atoms with Gasteiger partial charge in [0.25, 0.3) is 17.7 Å². The number of urea groups is 1. The fourth-order valence-corrected chi connectivity index (χ4v) is 9.58. The lowest BCUT2D eigenvalue weighted by molar-refractivity contribution is -0.220. The van der Waals surface area contributed by atoms with Crippen LogP contribution in [0.5, 0.6) is 0 Å². The number of anilines is 4. The van der Waals surface area contributed by atoms with E-state index in [4.69, 9.17) is 21.7 Å². The summed E-state index contributed by atoms with van der Waals surface area (Å²) in [5, 5.41) is 13.4. The van der Waals surface area contributed by atoms with Gasteiger partial charge in [-0.15, -0.1) is 5.10 Å². The Bertz CT molecular complexity index is 2730. The molecule has 63 heavy (non-hydrogen) atoms. The van der Waals surface area contributed by atoms with Crippen LogP contribution in [0.4, 0.5) is 40.8 Å². The number of carbonyl (C=O) groups excluding carboxylic acids is 4. The van der Waals surface area contributed by atoms with Gasteiger partial charge in [0.05, 0.1) is 35.6 Å². The van der Waals surface area contributed by atoms with Crippen LogP contribution in [0.15, 0.2) is 60.9 Å². The van der Waals surface area contributed by atoms with Gasteiger partial charge in [0.15, 0.2) is 17.2 Å². The lowest BCUT2D eigenvalue weighted by Crippen LogP contribution is -2.70. The maximum Gasteiger partial charge on any atom is 0.328 e. The zero-order valence-corrected chi connectivity index (χ0v) is 35.2. The van der Waals surface area contributed by atoms with Gasteiger partial charge in [0, 0.05) is 98.9 Å². The molecule has 1 spiro atoms. The summed E-state index contributed by atoms with van der Waals surface area (Å²) in [4.78, 5) is 66.6. The fraction of sp³-hybridized carbons (Fsp3) is 0.386. The lowest BCUT2D eigenvalue weighted by Gasteiger charge is -2.57. The van der Waals surface area contributed by atoms with Crippen molar-refractivity contribution in [2.24, 2.45) is 5.41 Å². The van der Waals surface area contributed by atoms with Crippen molar-refractivity contribution in [3.8, 4) is 11.3 Å². The number of pyridine rings is 1. The molecule has 0 radical (unpaired) electrons. The standard InChI is InChI=1S/C44H43ClF3N11O4/c1-24-3-5-26(13-34(24)58-11-8-38(60)53-42(58)63)41(62)56-12-9-43(44(47,48)23-56)21-55(22-43)20-25-4-6-31(50-18-25)29-14-27(45)15-35-28(29)7-10-57(35)37-17-33(49-2)39-51-19-36(59(39)54-37)40(61)52-32-16-30(32)46/h3-6,13-15,17-19,30,32,49H,7-12,16,20-23H2,1-2H3,(H,52,61)(H,53,60,63)/t30-,32+/m0/s1. The minimum Gasteiger partial charge on any atom is -0.385 e. The van der Waals surface area contributed by atoms with Crippen molar-refractivity contribution in [3.63, 3.8) is 0 Å². The quantitative estimate of drug-likeness (QED) is 0.166. The number of carbonyl (C=O) groups is 4. The average molecular weight is 882 g/mol. The van der Waals surface area contributed by atoms with Gasteiger partial charge in [-0.05, 0) is 66.8 Å². The average Bonchev–Trinajstić information content (AvgIpc) is 3.56. The number of alkyl halides is 3. The summed E-state index contributed by atoms with van der Waals surface area (Å²) in [6.45, 7) is 2.78. The zero-order valence-electron chi connectivity index (χ0n) is 34.4. The molecule has 2 aromatic carbocycles. The Balaban J connectivity index is 0.801. The Labute approximate surface area is 364 Å². The molecule has 4 fully saturated rings. The van der Waals surface area contributed by atoms with Crippen molar-refractivity contribution in [1.29, 1.82) is 0 Å². The smallest absolute Gasteiger partial charge is 0.328 e. The topological polar surface area (TPSA) is 160 Å². The largest absolute Gasteiger partial charge is 0.385 e. The molecule has 0 unspecified atom stereocenters. The molecule has 3 aromatic heterocycles. The molecular weight excluding hydrogens is 839 g/mol. The Morgan fingerprint density at radius 2 is 1.75 bits per heavy atom. The van der Waals surface area contributed by atoms with Gasteiger partial charge in [0.2, 0.25) is 5.91 Å². The number of nitrogens with zero attached hydrogens (tertiary/aromatic N) is 8. The first-order valence-corrected chi connectivity index (χ1v) is 21.3. The van der Waals surface area contributed by atoms with Gasteiger partial charge in [-0.1, -0.05) is 23.7 Å². The summed E-state index contributed by atoms with van der Waals surface area (Å²) in [5.74, 6) is -3.92. The predicted octanol–water partition coefficient (Wildman–Crippen LogP) is 5.76. The Kier molecular flexibility index (Phi) is 9.85. The number of rotatable bonds is 9. The third kappa shape index (κ3) is 7.18. The van der Waals surface area contributed by atoms with Gasteiger partial charge in [0.1, 0.15) is 6.17 Å². The number of aryl methyl sites for hydroxylation is 1. The minimum absolute atomic E-state index is 0.120. The first-order chi connectivity index (χ1) is 30.2. The molecule has 3 N–H and O–H groups in total. The molecule has 326 valence electrons. The second-order valence-corrected chi connectivity index (χ2v) is 17.6. The molecule has 2 atom stereocenters. The Morgan fingerprint density at radius 1 is 0.952 bits per heavy atom. The van der Waals surface area contributed by atoms with Crippen molar-refractivity contribution in [2.45, 2.75) is 57.3 Å². The predicted molar refractivity (Wildman–Crippen MR) is 229 cm³/mol. The van der Waals surface area contributed by atoms with E-state index >= 15 is 8.78 Å². The Morgan fingerprint density at radius 3 is 2.46 bits per heavy atom. The summed E-state index contributed by atoms with van der Waals surface area (Å²) < 4.78 is 47.0. The number of imidazole rings is 1. The van der Waals surface area contributed by atoms with E-state index in [0.717, 1.165) is 22.4 Å². The van der Waals surface area contributed by atoms with Crippen LogP contribution in [0.25, 0.3) is 16.9 Å². The first-order valence-electron chi connectivity index (χ1n) is 20.9. The highest BCUT2D eigenvalue weighted by molar-refractivity contribution is 6.31. The number of halogens is 4. The van der Waals surface area contributed by atoms with E-state index in [1.807, 2.05) is 40.1 Å². The van der Waals surface area contributed by atoms with E-state index in [1.54, 1.807) is 32.3 Å². The van der Waals surface area contributed by atoms with Gasteiger partial charge in [-0.25, -0.2) is 27.5 Å². The third-order valence-electron chi connectivity index (χ3n) is 13.0. The normalized spacial score (nSPS) is 21.3. The van der Waals surface area contributed by atoms with E-state index in [0.29, 0.717) is 58.6 Å². The van der Waals surface area contributed by atoms with Crippen LogP contribution >= 0.6 is 11.6 Å².